The highest BCUT2D eigenvalue weighted by Crippen LogP contribution is 2.38. The van der Waals surface area contributed by atoms with E-state index >= 15 is 0 Å². The summed E-state index contributed by atoms with van der Waals surface area (Å²) >= 11 is 0. The largest absolute Gasteiger partial charge is 0.394 e. The molecule has 0 unspecified atom stereocenters. The van der Waals surface area contributed by atoms with Crippen LogP contribution < -0.4 is 0 Å². The fourth-order valence-corrected chi connectivity index (χ4v) is 9.83. The molecule has 22 aliphatic heterocycles. The van der Waals surface area contributed by atoms with E-state index in [0.29, 0.717) is 5.41 Å². The molecule has 22 fully saturated rings. The minimum absolute atomic E-state index is 0.301. The molecule has 0 aromatic heterocycles. The van der Waals surface area contributed by atoms with Gasteiger partial charge >= 0.3 is 0 Å². The highest BCUT2D eigenvalue weighted by Gasteiger charge is 2.59. The van der Waals surface area contributed by atoms with Crippen molar-refractivity contribution in [3.8, 4) is 0 Å². The van der Waals surface area contributed by atoms with Gasteiger partial charge in [0.15, 0.2) is 37.7 Å². The molecule has 22 saturated heterocycles. The zero-order valence-corrected chi connectivity index (χ0v) is 37.8. The van der Waals surface area contributed by atoms with Gasteiger partial charge in [-0.05, 0) is 0 Å². The Bertz CT molecular complexity index is 1810. The van der Waals surface area contributed by atoms with Crippen molar-refractivity contribution in [3.05, 3.63) is 12.0 Å². The molecule has 0 radical (unpaired) electrons. The number of aliphatic hydroxyl groups is 17. The predicted molar refractivity (Wildman–Crippen MR) is 214 cm³/mol. The standard InChI is InChI=1S/C38H62O32S/c1-2-71(56,57)70-32-25(55)38-63-14(8-44)31(32)69-37-24(54)19(49)29(12(6-42)62-37)67-35-22(52)17(47)27(10(4-40)60-35)65-33-20(50)15(45)26(9(3-39)58-33)64-34-21(51)16(46)28(11(5-41)59-34)66-36-23(53)18(48)30(68-38)13(7-43)61-36/h2,9-55H,1,3-8H2/t9-,10-,11-,12-,13-,14-,15-,16-,17-,18-,19-,20-,21-,22-,23-,24-,25-,26-,27-,28-,29-,30-,31+,32-,33-,34-,35-,36-,37-,38-/m1/s1. The van der Waals surface area contributed by atoms with Gasteiger partial charge in [-0.15, -0.1) is 0 Å². The summed E-state index contributed by atoms with van der Waals surface area (Å²) in [5.41, 5.74) is 0. The molecule has 30 atom stereocenters. The molecule has 33 heteroatoms. The van der Waals surface area contributed by atoms with E-state index in [2.05, 4.69) is 6.58 Å². The molecule has 0 amide bonds. The van der Waals surface area contributed by atoms with Crippen LogP contribution in [0.25, 0.3) is 0 Å². The van der Waals surface area contributed by atoms with Crippen molar-refractivity contribution in [2.24, 2.45) is 0 Å². The quantitative estimate of drug-likeness (QED) is 0.0954. The third-order valence-electron chi connectivity index (χ3n) is 13.1. The molecule has 22 aliphatic rings. The first kappa shape index (κ1) is 57.2. The fraction of sp³-hybridized carbons (Fsp3) is 0.947. The second-order valence-corrected chi connectivity index (χ2v) is 19.1. The van der Waals surface area contributed by atoms with Crippen molar-refractivity contribution in [3.63, 3.8) is 0 Å². The van der Waals surface area contributed by atoms with Gasteiger partial charge in [-0.3, -0.25) is 4.18 Å². The molecule has 0 spiro atoms. The Balaban J connectivity index is 1.23. The molecule has 22 heterocycles. The third-order valence-corrected chi connectivity index (χ3v) is 14.0. The summed E-state index contributed by atoms with van der Waals surface area (Å²) in [6.45, 7) is -3.27. The second-order valence-electron chi connectivity index (χ2n) is 17.6. The zero-order valence-electron chi connectivity index (χ0n) is 37.0. The van der Waals surface area contributed by atoms with Crippen molar-refractivity contribution >= 4 is 10.1 Å². The van der Waals surface area contributed by atoms with E-state index in [1.54, 1.807) is 0 Å². The third kappa shape index (κ3) is 11.5. The van der Waals surface area contributed by atoms with E-state index in [1.165, 1.54) is 0 Å². The van der Waals surface area contributed by atoms with Crippen molar-refractivity contribution in [2.45, 2.75) is 184 Å². The van der Waals surface area contributed by atoms with E-state index in [9.17, 15) is 95.2 Å². The first-order valence-electron chi connectivity index (χ1n) is 22.2. The van der Waals surface area contributed by atoms with Gasteiger partial charge in [0.25, 0.3) is 10.1 Å². The second kappa shape index (κ2) is 23.8. The normalized spacial score (nSPS) is 52.5. The number of rotatable bonds is 9. The molecule has 17 N–H and O–H groups in total. The summed E-state index contributed by atoms with van der Waals surface area (Å²) in [7, 11) is -4.84. The molecule has 32 nitrogen and oxygen atoms in total. The Hall–Kier alpha value is -1.51. The van der Waals surface area contributed by atoms with Gasteiger partial charge < -0.3 is 144 Å². The van der Waals surface area contributed by atoms with Crippen LogP contribution in [0.2, 0.25) is 0 Å². The summed E-state index contributed by atoms with van der Waals surface area (Å²) in [6, 6.07) is 0. The van der Waals surface area contributed by atoms with E-state index in [0.717, 1.165) is 0 Å². The highest BCUT2D eigenvalue weighted by atomic mass is 32.2. The van der Waals surface area contributed by atoms with E-state index in [1.807, 2.05) is 0 Å². The average Bonchev–Trinajstić information content (AvgIpc) is 3.35. The van der Waals surface area contributed by atoms with Crippen molar-refractivity contribution in [2.75, 3.05) is 39.6 Å². The molecule has 71 heavy (non-hydrogen) atoms. The number of ether oxygens (including phenoxy) is 12. The van der Waals surface area contributed by atoms with Gasteiger partial charge in [0.1, 0.15) is 146 Å². The first-order valence-corrected chi connectivity index (χ1v) is 23.7. The molecular formula is C38H62O32S. The van der Waals surface area contributed by atoms with Gasteiger partial charge in [-0.1, -0.05) is 6.58 Å². The van der Waals surface area contributed by atoms with Crippen LogP contribution in [0.15, 0.2) is 12.0 Å². The number of hydrogen-bond acceptors (Lipinski definition) is 32. The SMILES string of the molecule is C=CS(=O)(=O)O[C@@H]1[C@@H](O)[C@H]2O[C@H]3[C@H](O)[C@@H](O)[C@@H](O[C@H]4[C@H](O)[C@@H](O)[C@@H](O[C@H]5[C@H](O)[C@@H](O)[C@@H](O[C@H]6[C@H](O)[C@@H](O)[C@@H](O[C@H]7[C@H](O)[C@@H](O)[C@@H](O[C@H]1[C@@H](CO)O2)O[C@@H]7CO)O[C@@H]6CO)O[C@@H]5CO)O[C@@H]4CO)O[C@@H]3CO. The highest BCUT2D eigenvalue weighted by molar-refractivity contribution is 7.89. The van der Waals surface area contributed by atoms with E-state index < -0.39 is 234 Å². The van der Waals surface area contributed by atoms with Crippen molar-refractivity contribution in [1.82, 2.24) is 0 Å². The lowest BCUT2D eigenvalue weighted by molar-refractivity contribution is -0.403. The Morgan fingerprint density at radius 3 is 0.732 bits per heavy atom. The van der Waals surface area contributed by atoms with Gasteiger partial charge in [0, 0.05) is 0 Å². The molecule has 412 valence electrons. The molecule has 0 aromatic rings. The van der Waals surface area contributed by atoms with Crippen LogP contribution in [0, 0.1) is 0 Å². The summed E-state index contributed by atoms with van der Waals surface area (Å²) < 4.78 is 99.0. The number of aliphatic hydroxyl groups excluding tert-OH is 17. The van der Waals surface area contributed by atoms with Gasteiger partial charge in [0.2, 0.25) is 0 Å². The van der Waals surface area contributed by atoms with Gasteiger partial charge in [-0.2, -0.15) is 8.42 Å². The summed E-state index contributed by atoms with van der Waals surface area (Å²) in [5.74, 6) is 0. The summed E-state index contributed by atoms with van der Waals surface area (Å²) in [4.78, 5) is 0. The Morgan fingerprint density at radius 2 is 0.521 bits per heavy atom. The predicted octanol–water partition coefficient (Wildman–Crippen LogP) is -12.6. The van der Waals surface area contributed by atoms with Crippen LogP contribution in [0.5, 0.6) is 0 Å². The van der Waals surface area contributed by atoms with Gasteiger partial charge in [-0.25, -0.2) is 0 Å². The average molecular weight is 1060 g/mol. The molecule has 22 rings (SSSR count). The molecule has 0 saturated carbocycles. The van der Waals surface area contributed by atoms with Crippen LogP contribution in [0.3, 0.4) is 0 Å². The van der Waals surface area contributed by atoms with Crippen LogP contribution in [0.1, 0.15) is 0 Å². The smallest absolute Gasteiger partial charge is 0.289 e. The summed E-state index contributed by atoms with van der Waals surface area (Å²) in [6.07, 6.45) is -61.2. The summed E-state index contributed by atoms with van der Waals surface area (Å²) in [5, 5.41) is 187. The van der Waals surface area contributed by atoms with Crippen LogP contribution in [-0.2, 0) is 71.1 Å². The maximum atomic E-state index is 12.8. The van der Waals surface area contributed by atoms with Gasteiger partial charge in [0.05, 0.1) is 45.0 Å². The fourth-order valence-electron chi connectivity index (χ4n) is 9.22. The van der Waals surface area contributed by atoms with E-state index in [4.69, 9.17) is 61.0 Å². The zero-order chi connectivity index (χ0) is 52.0. The topological polar surface area (TPSA) is 498 Å². The minimum Gasteiger partial charge on any atom is -0.394 e. The maximum absolute atomic E-state index is 12.8. The van der Waals surface area contributed by atoms with Crippen molar-refractivity contribution < 1.29 is 156 Å². The van der Waals surface area contributed by atoms with Crippen molar-refractivity contribution in [1.29, 1.82) is 0 Å². The van der Waals surface area contributed by atoms with Crippen LogP contribution in [-0.4, -0.2) is 319 Å². The van der Waals surface area contributed by atoms with Crippen LogP contribution >= 0.6 is 0 Å². The van der Waals surface area contributed by atoms with Crippen LogP contribution in [0.4, 0.5) is 0 Å². The molecule has 12 bridgehead atoms. The number of hydrogen-bond donors (Lipinski definition) is 17. The Morgan fingerprint density at radius 1 is 0.324 bits per heavy atom. The monoisotopic (exact) mass is 1060 g/mol. The lowest BCUT2D eigenvalue weighted by Crippen LogP contribution is -2.69. The molecular weight excluding hydrogens is 1000 g/mol. The Kier molecular flexibility index (Phi) is 19.2. The maximum Gasteiger partial charge on any atom is 0.289 e. The lowest BCUT2D eigenvalue weighted by Gasteiger charge is -2.51. The van der Waals surface area contributed by atoms with E-state index in [-0.39, 0.29) is 0 Å². The Labute approximate surface area is 401 Å². The molecule has 0 aromatic carbocycles. The minimum atomic E-state index is -4.84. The lowest BCUT2D eigenvalue weighted by atomic mass is 9.94. The molecule has 0 aliphatic carbocycles. The first-order chi connectivity index (χ1) is 33.7.